The van der Waals surface area contributed by atoms with Crippen molar-refractivity contribution in [1.29, 1.82) is 0 Å². The predicted molar refractivity (Wildman–Crippen MR) is 63.7 cm³/mol. The fourth-order valence-corrected chi connectivity index (χ4v) is 2.17. The average Bonchev–Trinajstić information content (AvgIpc) is 2.52. The molecule has 0 aromatic carbocycles. The first-order valence-corrected chi connectivity index (χ1v) is 5.78. The maximum atomic E-state index is 11.7. The molecule has 1 saturated heterocycles. The van der Waals surface area contributed by atoms with Gasteiger partial charge in [-0.3, -0.25) is 4.57 Å². The number of aromatic nitrogens is 2. The molecule has 1 aromatic rings. The van der Waals surface area contributed by atoms with Gasteiger partial charge in [-0.25, -0.2) is 4.79 Å². The van der Waals surface area contributed by atoms with Crippen molar-refractivity contribution in [3.63, 3.8) is 0 Å². The Hall–Kier alpha value is -1.44. The zero-order chi connectivity index (χ0) is 13.5. The summed E-state index contributed by atoms with van der Waals surface area (Å²) in [6.45, 7) is 3.26. The number of aliphatic hydroxyl groups excluding tert-OH is 1. The first kappa shape index (κ1) is 13.0. The van der Waals surface area contributed by atoms with Gasteiger partial charge < -0.3 is 20.7 Å². The van der Waals surface area contributed by atoms with E-state index in [1.165, 1.54) is 19.2 Å². The van der Waals surface area contributed by atoms with Crippen LogP contribution in [0.5, 0.6) is 0 Å². The molecule has 7 heteroatoms. The van der Waals surface area contributed by atoms with Gasteiger partial charge in [-0.15, -0.1) is 0 Å². The molecule has 2 rings (SSSR count). The van der Waals surface area contributed by atoms with Gasteiger partial charge in [-0.1, -0.05) is 6.92 Å². The van der Waals surface area contributed by atoms with E-state index in [4.69, 9.17) is 10.5 Å². The van der Waals surface area contributed by atoms with Crippen molar-refractivity contribution in [2.24, 2.45) is 0 Å². The summed E-state index contributed by atoms with van der Waals surface area (Å²) in [7, 11) is 0. The van der Waals surface area contributed by atoms with Crippen LogP contribution in [0.15, 0.2) is 17.1 Å². The molecule has 0 amide bonds. The lowest BCUT2D eigenvalue weighted by Gasteiger charge is -2.27. The summed E-state index contributed by atoms with van der Waals surface area (Å²) in [5.41, 5.74) is 3.22. The summed E-state index contributed by atoms with van der Waals surface area (Å²) in [4.78, 5) is 15.3. The van der Waals surface area contributed by atoms with Gasteiger partial charge in [0.1, 0.15) is 17.5 Å². The molecule has 18 heavy (non-hydrogen) atoms. The van der Waals surface area contributed by atoms with Gasteiger partial charge in [0.05, 0.1) is 6.10 Å². The third-order valence-corrected chi connectivity index (χ3v) is 3.26. The third-order valence-electron chi connectivity index (χ3n) is 3.26. The molecule has 0 unspecified atom stereocenters. The Morgan fingerprint density at radius 2 is 2.33 bits per heavy atom. The lowest BCUT2D eigenvalue weighted by molar-refractivity contribution is -0.0975. The summed E-state index contributed by atoms with van der Waals surface area (Å²) in [6, 6.07) is 1.44. The molecular formula is C11H17N3O4. The highest BCUT2D eigenvalue weighted by molar-refractivity contribution is 5.23. The standard InChI is InChI=1S/C11H17N3O4/c1-3-6-8(15)11(2,17)9(18-6)14-5-4-7(12)13-10(14)16/h4-6,8-9,15,17H,3H2,1-2H3,(H2,12,13,16)/t6-,8-,9-,11-/m1/s1. The number of nitrogen functional groups attached to an aromatic ring is 1. The first-order chi connectivity index (χ1) is 8.37. The van der Waals surface area contributed by atoms with Crippen molar-refractivity contribution in [3.8, 4) is 0 Å². The number of aliphatic hydroxyl groups is 2. The molecule has 0 bridgehead atoms. The topological polar surface area (TPSA) is 111 Å². The molecule has 0 spiro atoms. The molecule has 1 aromatic heterocycles. The number of nitrogens with two attached hydrogens (primary N) is 1. The van der Waals surface area contributed by atoms with E-state index in [-0.39, 0.29) is 5.82 Å². The number of nitrogens with zero attached hydrogens (tertiary/aromatic N) is 2. The van der Waals surface area contributed by atoms with E-state index in [0.717, 1.165) is 4.57 Å². The van der Waals surface area contributed by atoms with Crippen LogP contribution in [0.4, 0.5) is 5.82 Å². The molecule has 0 saturated carbocycles. The summed E-state index contributed by atoms with van der Waals surface area (Å²) < 4.78 is 6.66. The summed E-state index contributed by atoms with van der Waals surface area (Å²) in [5.74, 6) is 0.0986. The summed E-state index contributed by atoms with van der Waals surface area (Å²) >= 11 is 0. The first-order valence-electron chi connectivity index (χ1n) is 5.78. The van der Waals surface area contributed by atoms with Crippen LogP contribution in [0.2, 0.25) is 0 Å². The molecule has 1 fully saturated rings. The molecule has 7 nitrogen and oxygen atoms in total. The molecule has 100 valence electrons. The second-order valence-electron chi connectivity index (χ2n) is 4.65. The van der Waals surface area contributed by atoms with Crippen LogP contribution >= 0.6 is 0 Å². The van der Waals surface area contributed by atoms with Crippen LogP contribution in [0, 0.1) is 0 Å². The van der Waals surface area contributed by atoms with E-state index >= 15 is 0 Å². The van der Waals surface area contributed by atoms with Crippen molar-refractivity contribution >= 4 is 5.82 Å². The Labute approximate surface area is 104 Å². The second-order valence-corrected chi connectivity index (χ2v) is 4.65. The second kappa shape index (κ2) is 4.34. The van der Waals surface area contributed by atoms with Crippen LogP contribution in [0.3, 0.4) is 0 Å². The maximum absolute atomic E-state index is 11.7. The van der Waals surface area contributed by atoms with Crippen molar-refractivity contribution in [3.05, 3.63) is 22.7 Å². The van der Waals surface area contributed by atoms with E-state index in [9.17, 15) is 15.0 Å². The molecule has 2 heterocycles. The Balaban J connectivity index is 2.42. The SMILES string of the molecule is CC[C@H]1O[C@@H](n2ccc(N)nc2=O)[C@](C)(O)[C@@H]1O. The van der Waals surface area contributed by atoms with Crippen LogP contribution in [0.25, 0.3) is 0 Å². The van der Waals surface area contributed by atoms with Gasteiger partial charge in [0.2, 0.25) is 0 Å². The molecule has 1 aliphatic rings. The van der Waals surface area contributed by atoms with Crippen LogP contribution in [0.1, 0.15) is 26.5 Å². The fourth-order valence-electron chi connectivity index (χ4n) is 2.17. The van der Waals surface area contributed by atoms with Gasteiger partial charge in [-0.2, -0.15) is 4.98 Å². The lowest BCUT2D eigenvalue weighted by atomic mass is 9.95. The minimum atomic E-state index is -1.55. The monoisotopic (exact) mass is 255 g/mol. The van der Waals surface area contributed by atoms with Crippen molar-refractivity contribution < 1.29 is 14.9 Å². The highest BCUT2D eigenvalue weighted by Crippen LogP contribution is 2.38. The summed E-state index contributed by atoms with van der Waals surface area (Å²) in [6.07, 6.45) is -0.621. The number of hydrogen-bond donors (Lipinski definition) is 3. The van der Waals surface area contributed by atoms with Crippen LogP contribution < -0.4 is 11.4 Å². The molecule has 0 aliphatic carbocycles. The maximum Gasteiger partial charge on any atom is 0.351 e. The molecule has 0 radical (unpaired) electrons. The largest absolute Gasteiger partial charge is 0.387 e. The van der Waals surface area contributed by atoms with E-state index in [2.05, 4.69) is 4.98 Å². The Kier molecular flexibility index (Phi) is 3.14. The Bertz CT molecular complexity index is 499. The Morgan fingerprint density at radius 1 is 1.67 bits per heavy atom. The van der Waals surface area contributed by atoms with Gasteiger partial charge >= 0.3 is 5.69 Å². The van der Waals surface area contributed by atoms with Crippen molar-refractivity contribution in [2.75, 3.05) is 5.73 Å². The van der Waals surface area contributed by atoms with E-state index < -0.39 is 29.7 Å². The molecule has 4 N–H and O–H groups in total. The molecule has 1 aliphatic heterocycles. The van der Waals surface area contributed by atoms with Crippen molar-refractivity contribution in [2.45, 2.75) is 44.3 Å². The number of hydrogen-bond acceptors (Lipinski definition) is 6. The van der Waals surface area contributed by atoms with Crippen LogP contribution in [-0.2, 0) is 4.74 Å². The quantitative estimate of drug-likeness (QED) is 0.641. The zero-order valence-corrected chi connectivity index (χ0v) is 10.3. The lowest BCUT2D eigenvalue weighted by Crippen LogP contribution is -2.45. The number of rotatable bonds is 2. The summed E-state index contributed by atoms with van der Waals surface area (Å²) in [5, 5.41) is 20.2. The number of anilines is 1. The highest BCUT2D eigenvalue weighted by Gasteiger charge is 2.52. The smallest absolute Gasteiger partial charge is 0.351 e. The van der Waals surface area contributed by atoms with Gasteiger partial charge in [0.15, 0.2) is 6.23 Å². The molecule has 4 atom stereocenters. The normalized spacial score (nSPS) is 35.9. The fraction of sp³-hybridized carbons (Fsp3) is 0.636. The van der Waals surface area contributed by atoms with Gasteiger partial charge in [0.25, 0.3) is 0 Å². The van der Waals surface area contributed by atoms with Crippen molar-refractivity contribution in [1.82, 2.24) is 9.55 Å². The highest BCUT2D eigenvalue weighted by atomic mass is 16.6. The Morgan fingerprint density at radius 3 is 2.83 bits per heavy atom. The number of ether oxygens (including phenoxy) is 1. The third kappa shape index (κ3) is 1.90. The van der Waals surface area contributed by atoms with E-state index in [1.54, 1.807) is 0 Å². The van der Waals surface area contributed by atoms with E-state index in [0.29, 0.717) is 6.42 Å². The average molecular weight is 255 g/mol. The predicted octanol–water partition coefficient (Wildman–Crippen LogP) is -0.755. The van der Waals surface area contributed by atoms with Gasteiger partial charge in [0, 0.05) is 6.20 Å². The van der Waals surface area contributed by atoms with E-state index in [1.807, 2.05) is 6.92 Å². The molecular weight excluding hydrogens is 238 g/mol. The minimum absolute atomic E-state index is 0.0986. The van der Waals surface area contributed by atoms with Crippen LogP contribution in [-0.4, -0.2) is 37.6 Å². The minimum Gasteiger partial charge on any atom is -0.387 e. The zero-order valence-electron chi connectivity index (χ0n) is 10.3. The van der Waals surface area contributed by atoms with Gasteiger partial charge in [-0.05, 0) is 19.4 Å².